The summed E-state index contributed by atoms with van der Waals surface area (Å²) in [5.41, 5.74) is -1.29. The topological polar surface area (TPSA) is 67.9 Å². The van der Waals surface area contributed by atoms with Gasteiger partial charge in [-0.05, 0) is 40.2 Å². The van der Waals surface area contributed by atoms with Crippen LogP contribution in [0.15, 0.2) is 0 Å². The molecule has 114 valence electrons. The van der Waals surface area contributed by atoms with Gasteiger partial charge in [-0.2, -0.15) is 0 Å². The van der Waals surface area contributed by atoms with E-state index < -0.39 is 11.1 Å². The van der Waals surface area contributed by atoms with Crippen molar-refractivity contribution < 1.29 is 19.1 Å². The SMILES string of the molecule is COC(=O)[C@]12CN(C(=O)OC(C)(C)C)C[C@@H]1CCCN2. The number of nitrogens with zero attached hydrogens (tertiary/aromatic N) is 1. The van der Waals surface area contributed by atoms with Crippen LogP contribution in [-0.4, -0.2) is 54.8 Å². The summed E-state index contributed by atoms with van der Waals surface area (Å²) in [5, 5.41) is 3.27. The Kier molecular flexibility index (Phi) is 3.95. The van der Waals surface area contributed by atoms with Crippen LogP contribution in [0.3, 0.4) is 0 Å². The summed E-state index contributed by atoms with van der Waals surface area (Å²) in [6, 6.07) is 0. The van der Waals surface area contributed by atoms with Gasteiger partial charge in [-0.1, -0.05) is 0 Å². The number of ether oxygens (including phenoxy) is 2. The second kappa shape index (κ2) is 5.24. The van der Waals surface area contributed by atoms with Crippen LogP contribution < -0.4 is 5.32 Å². The average molecular weight is 284 g/mol. The van der Waals surface area contributed by atoms with E-state index in [1.54, 1.807) is 4.90 Å². The van der Waals surface area contributed by atoms with E-state index >= 15 is 0 Å². The number of hydrogen-bond acceptors (Lipinski definition) is 5. The van der Waals surface area contributed by atoms with Crippen molar-refractivity contribution in [2.45, 2.75) is 44.8 Å². The number of carbonyl (C=O) groups excluding carboxylic acids is 2. The minimum Gasteiger partial charge on any atom is -0.468 e. The van der Waals surface area contributed by atoms with E-state index in [1.807, 2.05) is 20.8 Å². The molecule has 0 aromatic carbocycles. The Hall–Kier alpha value is -1.30. The van der Waals surface area contributed by atoms with E-state index in [4.69, 9.17) is 9.47 Å². The minimum absolute atomic E-state index is 0.0937. The number of fused-ring (bicyclic) bond motifs is 1. The van der Waals surface area contributed by atoms with Crippen molar-refractivity contribution in [1.82, 2.24) is 10.2 Å². The summed E-state index contributed by atoms with van der Waals surface area (Å²) >= 11 is 0. The largest absolute Gasteiger partial charge is 0.468 e. The number of esters is 1. The Balaban J connectivity index is 2.14. The standard InChI is InChI=1S/C14H24N2O4/c1-13(2,3)20-12(18)16-8-10-6-5-7-15-14(10,9-16)11(17)19-4/h10,15H,5-9H2,1-4H3/t10-,14-/m0/s1. The van der Waals surface area contributed by atoms with Gasteiger partial charge in [-0.25, -0.2) is 9.59 Å². The molecule has 0 spiro atoms. The third kappa shape index (κ3) is 2.75. The molecule has 1 amide bonds. The zero-order valence-electron chi connectivity index (χ0n) is 12.7. The summed E-state index contributed by atoms with van der Waals surface area (Å²) in [5.74, 6) is -0.190. The molecule has 2 aliphatic rings. The van der Waals surface area contributed by atoms with Crippen molar-refractivity contribution >= 4 is 12.1 Å². The highest BCUT2D eigenvalue weighted by molar-refractivity contribution is 5.84. The van der Waals surface area contributed by atoms with Crippen LogP contribution >= 0.6 is 0 Å². The van der Waals surface area contributed by atoms with Crippen molar-refractivity contribution in [3.63, 3.8) is 0 Å². The summed E-state index contributed by atoms with van der Waals surface area (Å²) in [7, 11) is 1.39. The van der Waals surface area contributed by atoms with Gasteiger partial charge >= 0.3 is 12.1 Å². The van der Waals surface area contributed by atoms with Crippen LogP contribution in [0.25, 0.3) is 0 Å². The highest BCUT2D eigenvalue weighted by Crippen LogP contribution is 2.35. The Morgan fingerprint density at radius 2 is 2.05 bits per heavy atom. The van der Waals surface area contributed by atoms with Crippen molar-refractivity contribution in [1.29, 1.82) is 0 Å². The smallest absolute Gasteiger partial charge is 0.410 e. The molecule has 0 radical (unpaired) electrons. The molecule has 2 saturated heterocycles. The molecule has 2 aliphatic heterocycles. The molecule has 0 aliphatic carbocycles. The second-order valence-corrected chi connectivity index (χ2v) is 6.59. The normalized spacial score (nSPS) is 29.8. The first kappa shape index (κ1) is 15.1. The van der Waals surface area contributed by atoms with Gasteiger partial charge in [0.15, 0.2) is 0 Å². The zero-order valence-corrected chi connectivity index (χ0v) is 12.7. The maximum Gasteiger partial charge on any atom is 0.410 e. The number of nitrogens with one attached hydrogen (secondary N) is 1. The van der Waals surface area contributed by atoms with E-state index in [9.17, 15) is 9.59 Å². The van der Waals surface area contributed by atoms with Gasteiger partial charge in [0.2, 0.25) is 0 Å². The summed E-state index contributed by atoms with van der Waals surface area (Å²) < 4.78 is 10.3. The molecule has 2 fully saturated rings. The number of methoxy groups -OCH3 is 1. The Labute approximate surface area is 119 Å². The molecule has 6 heteroatoms. The summed E-state index contributed by atoms with van der Waals surface area (Å²) in [6.07, 6.45) is 1.56. The predicted octanol–water partition coefficient (Wildman–Crippen LogP) is 1.15. The molecule has 0 saturated carbocycles. The fourth-order valence-electron chi connectivity index (χ4n) is 3.07. The quantitative estimate of drug-likeness (QED) is 0.732. The second-order valence-electron chi connectivity index (χ2n) is 6.59. The first-order valence-electron chi connectivity index (χ1n) is 7.10. The van der Waals surface area contributed by atoms with Gasteiger partial charge in [0, 0.05) is 12.5 Å². The summed E-state index contributed by atoms with van der Waals surface area (Å²) in [4.78, 5) is 26.0. The maximum absolute atomic E-state index is 12.2. The fraction of sp³-hybridized carbons (Fsp3) is 0.857. The van der Waals surface area contributed by atoms with E-state index in [0.29, 0.717) is 13.1 Å². The first-order valence-corrected chi connectivity index (χ1v) is 7.10. The first-order chi connectivity index (χ1) is 9.28. The molecule has 2 rings (SSSR count). The van der Waals surface area contributed by atoms with Crippen LogP contribution in [0.1, 0.15) is 33.6 Å². The van der Waals surface area contributed by atoms with E-state index in [-0.39, 0.29) is 18.0 Å². The molecule has 0 aromatic heterocycles. The lowest BCUT2D eigenvalue weighted by Gasteiger charge is -2.36. The molecule has 1 N–H and O–H groups in total. The summed E-state index contributed by atoms with van der Waals surface area (Å²) in [6.45, 7) is 7.14. The highest BCUT2D eigenvalue weighted by Gasteiger charge is 2.55. The maximum atomic E-state index is 12.2. The lowest BCUT2D eigenvalue weighted by Crippen LogP contribution is -2.61. The number of piperidine rings is 1. The molecule has 0 bridgehead atoms. The Morgan fingerprint density at radius 1 is 1.35 bits per heavy atom. The van der Waals surface area contributed by atoms with Gasteiger partial charge in [0.1, 0.15) is 11.1 Å². The number of rotatable bonds is 1. The van der Waals surface area contributed by atoms with E-state index in [2.05, 4.69) is 5.32 Å². The van der Waals surface area contributed by atoms with Crippen molar-refractivity contribution in [2.24, 2.45) is 5.92 Å². The van der Waals surface area contributed by atoms with Crippen LogP contribution in [0.5, 0.6) is 0 Å². The van der Waals surface area contributed by atoms with Crippen molar-refractivity contribution in [3.05, 3.63) is 0 Å². The monoisotopic (exact) mass is 284 g/mol. The lowest BCUT2D eigenvalue weighted by atomic mass is 9.81. The molecule has 6 nitrogen and oxygen atoms in total. The van der Waals surface area contributed by atoms with Gasteiger partial charge in [-0.3, -0.25) is 0 Å². The van der Waals surface area contributed by atoms with Crippen LogP contribution in [0, 0.1) is 5.92 Å². The van der Waals surface area contributed by atoms with Crippen LogP contribution in [0.4, 0.5) is 4.79 Å². The third-order valence-corrected chi connectivity index (χ3v) is 3.95. The molecule has 0 unspecified atom stereocenters. The van der Waals surface area contributed by atoms with E-state index in [0.717, 1.165) is 19.4 Å². The molecular weight excluding hydrogens is 260 g/mol. The number of carbonyl (C=O) groups is 2. The average Bonchev–Trinajstić information content (AvgIpc) is 2.76. The number of amides is 1. The molecule has 0 aromatic rings. The van der Waals surface area contributed by atoms with Gasteiger partial charge in [0.25, 0.3) is 0 Å². The predicted molar refractivity (Wildman–Crippen MR) is 73.3 cm³/mol. The molecular formula is C14H24N2O4. The minimum atomic E-state index is -0.760. The Bertz CT molecular complexity index is 404. The number of likely N-dealkylation sites (tertiary alicyclic amines) is 1. The van der Waals surface area contributed by atoms with Crippen LogP contribution in [0.2, 0.25) is 0 Å². The van der Waals surface area contributed by atoms with Crippen LogP contribution in [-0.2, 0) is 14.3 Å². The van der Waals surface area contributed by atoms with Gasteiger partial charge in [-0.15, -0.1) is 0 Å². The van der Waals surface area contributed by atoms with Crippen molar-refractivity contribution in [3.8, 4) is 0 Å². The third-order valence-electron chi connectivity index (χ3n) is 3.95. The van der Waals surface area contributed by atoms with Gasteiger partial charge in [0.05, 0.1) is 13.7 Å². The zero-order chi connectivity index (χ0) is 15.0. The lowest BCUT2D eigenvalue weighted by molar-refractivity contribution is -0.150. The molecule has 2 heterocycles. The Morgan fingerprint density at radius 3 is 2.65 bits per heavy atom. The number of hydrogen-bond donors (Lipinski definition) is 1. The fourth-order valence-corrected chi connectivity index (χ4v) is 3.07. The van der Waals surface area contributed by atoms with Crippen molar-refractivity contribution in [2.75, 3.05) is 26.7 Å². The molecule has 2 atom stereocenters. The van der Waals surface area contributed by atoms with Gasteiger partial charge < -0.3 is 19.7 Å². The van der Waals surface area contributed by atoms with E-state index in [1.165, 1.54) is 7.11 Å². The highest BCUT2D eigenvalue weighted by atomic mass is 16.6. The molecule has 20 heavy (non-hydrogen) atoms.